The molecule has 2 heterocycles. The monoisotopic (exact) mass is 337 g/mol. The Morgan fingerprint density at radius 3 is 2.96 bits per heavy atom. The van der Waals surface area contributed by atoms with Gasteiger partial charge in [0.25, 0.3) is 5.91 Å². The van der Waals surface area contributed by atoms with Gasteiger partial charge in [-0.1, -0.05) is 17.7 Å². The molecule has 5 nitrogen and oxygen atoms in total. The lowest BCUT2D eigenvalue weighted by Crippen LogP contribution is -2.39. The normalized spacial score (nSPS) is 21.2. The molecule has 0 bridgehead atoms. The molecule has 1 aliphatic carbocycles. The second-order valence-electron chi connectivity index (χ2n) is 6.89. The van der Waals surface area contributed by atoms with E-state index in [4.69, 9.17) is 0 Å². The van der Waals surface area contributed by atoms with E-state index in [1.54, 1.807) is 0 Å². The zero-order valence-electron chi connectivity index (χ0n) is 14.3. The molecule has 1 aromatic carbocycles. The van der Waals surface area contributed by atoms with Gasteiger partial charge in [0, 0.05) is 11.7 Å². The van der Waals surface area contributed by atoms with Crippen molar-refractivity contribution in [3.8, 4) is 0 Å². The van der Waals surface area contributed by atoms with Gasteiger partial charge in [-0.15, -0.1) is 0 Å². The van der Waals surface area contributed by atoms with Crippen LogP contribution in [0.5, 0.6) is 0 Å². The number of carbonyl (C=O) groups excluding carboxylic acids is 2. The highest BCUT2D eigenvalue weighted by molar-refractivity contribution is 6.22. The number of benzene rings is 1. The van der Waals surface area contributed by atoms with Gasteiger partial charge in [-0.3, -0.25) is 9.59 Å². The van der Waals surface area contributed by atoms with Crippen LogP contribution in [0, 0.1) is 0 Å². The second-order valence-corrected chi connectivity index (χ2v) is 6.89. The molecule has 1 saturated heterocycles. The molecule has 0 radical (unpaired) electrons. The van der Waals surface area contributed by atoms with Gasteiger partial charge in [-0.05, 0) is 62.2 Å². The summed E-state index contributed by atoms with van der Waals surface area (Å²) in [6.07, 6.45) is 10.3. The summed E-state index contributed by atoms with van der Waals surface area (Å²) in [6.45, 7) is 0.749. The zero-order chi connectivity index (χ0) is 17.2. The van der Waals surface area contributed by atoms with E-state index >= 15 is 0 Å². The van der Waals surface area contributed by atoms with Gasteiger partial charge in [0.05, 0.1) is 18.2 Å². The summed E-state index contributed by atoms with van der Waals surface area (Å²) in [4.78, 5) is 29.5. The fraction of sp³-hybridized carbons (Fsp3) is 0.400. The number of carbonyl (C=O) groups is 2. The first-order valence-corrected chi connectivity index (χ1v) is 9.07. The van der Waals surface area contributed by atoms with Crippen molar-refractivity contribution in [1.29, 1.82) is 0 Å². The van der Waals surface area contributed by atoms with Crippen molar-refractivity contribution in [1.82, 2.24) is 10.3 Å². The first-order chi connectivity index (χ1) is 12.2. The third-order valence-electron chi connectivity index (χ3n) is 5.17. The summed E-state index contributed by atoms with van der Waals surface area (Å²) in [5.74, 6) is -0.279. The fourth-order valence-corrected chi connectivity index (χ4v) is 3.78. The minimum Gasteiger partial charge on any atom is -0.361 e. The minimum atomic E-state index is -0.406. The quantitative estimate of drug-likeness (QED) is 0.650. The SMILES string of the molecule is O=C1CC(NCCC2=CCCCC2)C(=O)N1c1ccc2cc[nH]c2c1. The van der Waals surface area contributed by atoms with E-state index in [9.17, 15) is 9.59 Å². The van der Waals surface area contributed by atoms with Crippen molar-refractivity contribution in [3.63, 3.8) is 0 Å². The molecule has 2 aliphatic rings. The number of nitrogens with one attached hydrogen (secondary N) is 2. The number of aromatic amines is 1. The highest BCUT2D eigenvalue weighted by Gasteiger charge is 2.39. The van der Waals surface area contributed by atoms with Crippen LogP contribution in [0.25, 0.3) is 10.9 Å². The van der Waals surface area contributed by atoms with Crippen molar-refractivity contribution >= 4 is 28.4 Å². The molecule has 1 aromatic heterocycles. The molecule has 2 N–H and O–H groups in total. The van der Waals surface area contributed by atoms with Crippen molar-refractivity contribution in [2.24, 2.45) is 0 Å². The average molecular weight is 337 g/mol. The number of allylic oxidation sites excluding steroid dienone is 1. The highest BCUT2D eigenvalue weighted by atomic mass is 16.2. The molecule has 4 rings (SSSR count). The van der Waals surface area contributed by atoms with Crippen LogP contribution in [-0.2, 0) is 9.59 Å². The molecule has 5 heteroatoms. The summed E-state index contributed by atoms with van der Waals surface area (Å²) in [7, 11) is 0. The topological polar surface area (TPSA) is 65.2 Å². The lowest BCUT2D eigenvalue weighted by molar-refractivity contribution is -0.121. The van der Waals surface area contributed by atoms with Gasteiger partial charge >= 0.3 is 0 Å². The number of rotatable bonds is 5. The van der Waals surface area contributed by atoms with Crippen LogP contribution in [0.4, 0.5) is 5.69 Å². The van der Waals surface area contributed by atoms with Crippen LogP contribution in [0.2, 0.25) is 0 Å². The Balaban J connectivity index is 1.41. The van der Waals surface area contributed by atoms with Crippen molar-refractivity contribution < 1.29 is 9.59 Å². The molecule has 130 valence electrons. The number of aromatic nitrogens is 1. The number of imide groups is 1. The van der Waals surface area contributed by atoms with E-state index < -0.39 is 6.04 Å². The Morgan fingerprint density at radius 2 is 2.12 bits per heavy atom. The maximum atomic E-state index is 12.7. The first-order valence-electron chi connectivity index (χ1n) is 9.07. The number of anilines is 1. The third-order valence-corrected chi connectivity index (χ3v) is 5.17. The van der Waals surface area contributed by atoms with Crippen LogP contribution < -0.4 is 10.2 Å². The van der Waals surface area contributed by atoms with E-state index in [1.165, 1.54) is 36.2 Å². The molecular formula is C20H23N3O2. The average Bonchev–Trinajstić information content (AvgIpc) is 3.20. The second kappa shape index (κ2) is 6.84. The standard InChI is InChI=1S/C20H23N3O2/c24-19-13-18(22-10-8-14-4-2-1-3-5-14)20(25)23(19)16-7-6-15-9-11-21-17(15)12-16/h4,6-7,9,11-12,18,21-22H,1-3,5,8,10,13H2. The number of hydrogen-bond acceptors (Lipinski definition) is 3. The van der Waals surface area contributed by atoms with Crippen molar-refractivity contribution in [2.75, 3.05) is 11.4 Å². The van der Waals surface area contributed by atoms with Crippen LogP contribution in [-0.4, -0.2) is 29.4 Å². The van der Waals surface area contributed by atoms with Crippen LogP contribution in [0.3, 0.4) is 0 Å². The highest BCUT2D eigenvalue weighted by Crippen LogP contribution is 2.26. The number of H-pyrrole nitrogens is 1. The van der Waals surface area contributed by atoms with Crippen LogP contribution in [0.1, 0.15) is 38.5 Å². The molecule has 1 aliphatic heterocycles. The lowest BCUT2D eigenvalue weighted by Gasteiger charge is -2.17. The smallest absolute Gasteiger partial charge is 0.251 e. The zero-order valence-corrected chi connectivity index (χ0v) is 14.3. The molecule has 1 atom stereocenters. The maximum absolute atomic E-state index is 12.7. The first kappa shape index (κ1) is 16.1. The number of nitrogens with zero attached hydrogens (tertiary/aromatic N) is 1. The van der Waals surface area contributed by atoms with Gasteiger partial charge < -0.3 is 10.3 Å². The van der Waals surface area contributed by atoms with Gasteiger partial charge in [0.1, 0.15) is 0 Å². The van der Waals surface area contributed by atoms with Crippen LogP contribution in [0.15, 0.2) is 42.1 Å². The predicted octanol–water partition coefficient (Wildman–Crippen LogP) is 3.28. The summed E-state index contributed by atoms with van der Waals surface area (Å²) >= 11 is 0. The van der Waals surface area contributed by atoms with E-state index in [0.717, 1.165) is 23.9 Å². The molecule has 0 spiro atoms. The Kier molecular flexibility index (Phi) is 4.40. The van der Waals surface area contributed by atoms with Gasteiger partial charge in [0.2, 0.25) is 5.91 Å². The molecular weight excluding hydrogens is 314 g/mol. The number of amides is 2. The summed E-state index contributed by atoms with van der Waals surface area (Å²) in [5.41, 5.74) is 3.05. The molecule has 25 heavy (non-hydrogen) atoms. The molecule has 1 unspecified atom stereocenters. The Bertz CT molecular complexity index is 836. The molecule has 2 amide bonds. The Hall–Kier alpha value is -2.40. The Labute approximate surface area is 147 Å². The van der Waals surface area contributed by atoms with Crippen molar-refractivity contribution in [2.45, 2.75) is 44.6 Å². The van der Waals surface area contributed by atoms with Crippen LogP contribution >= 0.6 is 0 Å². The van der Waals surface area contributed by atoms with E-state index in [-0.39, 0.29) is 18.2 Å². The molecule has 1 fully saturated rings. The predicted molar refractivity (Wildman–Crippen MR) is 98.4 cm³/mol. The summed E-state index contributed by atoms with van der Waals surface area (Å²) < 4.78 is 0. The summed E-state index contributed by atoms with van der Waals surface area (Å²) in [6, 6.07) is 7.19. The maximum Gasteiger partial charge on any atom is 0.251 e. The third kappa shape index (κ3) is 3.24. The largest absolute Gasteiger partial charge is 0.361 e. The lowest BCUT2D eigenvalue weighted by atomic mass is 9.97. The van der Waals surface area contributed by atoms with E-state index in [2.05, 4.69) is 16.4 Å². The van der Waals surface area contributed by atoms with Crippen molar-refractivity contribution in [3.05, 3.63) is 42.1 Å². The molecule has 2 aromatic rings. The minimum absolute atomic E-state index is 0.134. The fourth-order valence-electron chi connectivity index (χ4n) is 3.78. The number of fused-ring (bicyclic) bond motifs is 1. The van der Waals surface area contributed by atoms with Gasteiger partial charge in [-0.2, -0.15) is 0 Å². The van der Waals surface area contributed by atoms with Gasteiger partial charge in [-0.25, -0.2) is 4.90 Å². The number of hydrogen-bond donors (Lipinski definition) is 2. The molecule has 0 saturated carbocycles. The van der Waals surface area contributed by atoms with E-state index in [1.807, 2.05) is 30.5 Å². The Morgan fingerprint density at radius 1 is 1.20 bits per heavy atom. The van der Waals surface area contributed by atoms with Gasteiger partial charge in [0.15, 0.2) is 0 Å². The van der Waals surface area contributed by atoms with E-state index in [0.29, 0.717) is 5.69 Å². The summed E-state index contributed by atoms with van der Waals surface area (Å²) in [5, 5.41) is 4.35.